The number of amides is 2. The fourth-order valence-corrected chi connectivity index (χ4v) is 3.26. The predicted molar refractivity (Wildman–Crippen MR) is 102 cm³/mol. The lowest BCUT2D eigenvalue weighted by Crippen LogP contribution is -2.30. The molecule has 2 aromatic carbocycles. The van der Waals surface area contributed by atoms with Gasteiger partial charge in [0.1, 0.15) is 5.75 Å². The van der Waals surface area contributed by atoms with Crippen LogP contribution in [-0.4, -0.2) is 36.8 Å². The Morgan fingerprint density at radius 2 is 2.00 bits per heavy atom. The van der Waals surface area contributed by atoms with Gasteiger partial charge in [-0.1, -0.05) is 12.1 Å². The maximum atomic E-state index is 12.4. The molecule has 2 N–H and O–H groups in total. The van der Waals surface area contributed by atoms with Gasteiger partial charge in [0.15, 0.2) is 6.10 Å². The highest BCUT2D eigenvalue weighted by molar-refractivity contribution is 8.00. The Hall–Kier alpha value is -3.00. The smallest absolute Gasteiger partial charge is 0.338 e. The van der Waals surface area contributed by atoms with E-state index < -0.39 is 18.0 Å². The predicted octanol–water partition coefficient (Wildman–Crippen LogP) is 2.92. The van der Waals surface area contributed by atoms with Crippen LogP contribution in [0.25, 0.3) is 0 Å². The van der Waals surface area contributed by atoms with Crippen molar-refractivity contribution in [3.8, 4) is 5.75 Å². The van der Waals surface area contributed by atoms with Gasteiger partial charge in [0, 0.05) is 4.90 Å². The summed E-state index contributed by atoms with van der Waals surface area (Å²) in [6.45, 7) is 1.48. The second-order valence-electron chi connectivity index (χ2n) is 5.78. The van der Waals surface area contributed by atoms with E-state index in [1.807, 2.05) is 0 Å². The zero-order valence-electron chi connectivity index (χ0n) is 14.8. The highest BCUT2D eigenvalue weighted by Crippen LogP contribution is 2.32. The maximum absolute atomic E-state index is 12.4. The minimum atomic E-state index is -1.01. The summed E-state index contributed by atoms with van der Waals surface area (Å²) in [6.07, 6.45) is -1.01. The fraction of sp³-hybridized carbons (Fsp3) is 0.211. The molecule has 2 aromatic rings. The van der Waals surface area contributed by atoms with Crippen LogP contribution < -0.4 is 15.4 Å². The monoisotopic (exact) mass is 386 g/mol. The number of para-hydroxylation sites is 2. The zero-order valence-corrected chi connectivity index (χ0v) is 15.6. The van der Waals surface area contributed by atoms with Gasteiger partial charge in [-0.2, -0.15) is 0 Å². The number of anilines is 2. The maximum Gasteiger partial charge on any atom is 0.338 e. The third-order valence-corrected chi connectivity index (χ3v) is 4.94. The first-order chi connectivity index (χ1) is 13.0. The first kappa shape index (κ1) is 18.8. The lowest BCUT2D eigenvalue weighted by atomic mass is 10.2. The molecule has 0 unspecified atom stereocenters. The van der Waals surface area contributed by atoms with Crippen LogP contribution in [0, 0.1) is 0 Å². The molecule has 7 nitrogen and oxygen atoms in total. The van der Waals surface area contributed by atoms with Gasteiger partial charge in [-0.3, -0.25) is 9.59 Å². The number of fused-ring (bicyclic) bond motifs is 1. The number of hydrogen-bond donors (Lipinski definition) is 2. The highest BCUT2D eigenvalue weighted by atomic mass is 32.2. The van der Waals surface area contributed by atoms with E-state index in [2.05, 4.69) is 10.6 Å². The lowest BCUT2D eigenvalue weighted by Gasteiger charge is -2.18. The molecule has 8 heteroatoms. The number of hydrogen-bond acceptors (Lipinski definition) is 6. The van der Waals surface area contributed by atoms with E-state index in [9.17, 15) is 14.4 Å². The number of carbonyl (C=O) groups is 3. The van der Waals surface area contributed by atoms with Crippen molar-refractivity contribution in [2.24, 2.45) is 0 Å². The van der Waals surface area contributed by atoms with Gasteiger partial charge in [0.2, 0.25) is 5.91 Å². The van der Waals surface area contributed by atoms with E-state index in [4.69, 9.17) is 9.47 Å². The molecule has 0 aromatic heterocycles. The lowest BCUT2D eigenvalue weighted by molar-refractivity contribution is -0.123. The molecule has 0 saturated heterocycles. The van der Waals surface area contributed by atoms with Crippen molar-refractivity contribution >= 4 is 40.9 Å². The van der Waals surface area contributed by atoms with Gasteiger partial charge in [0.25, 0.3) is 5.91 Å². The molecule has 0 radical (unpaired) electrons. The number of esters is 1. The van der Waals surface area contributed by atoms with Gasteiger partial charge >= 0.3 is 5.97 Å². The summed E-state index contributed by atoms with van der Waals surface area (Å²) in [5.74, 6) is -0.397. The molecular formula is C19H18N2O5S. The SMILES string of the molecule is COc1ccccc1NC(=O)[C@@H](C)OC(=O)c1ccc2c(c1)NC(=O)CS2. The topological polar surface area (TPSA) is 93.7 Å². The summed E-state index contributed by atoms with van der Waals surface area (Å²) < 4.78 is 10.4. The van der Waals surface area contributed by atoms with Crippen LogP contribution in [0.3, 0.4) is 0 Å². The molecule has 0 saturated carbocycles. The Labute approximate surface area is 160 Å². The molecule has 0 aliphatic carbocycles. The van der Waals surface area contributed by atoms with Crippen molar-refractivity contribution < 1.29 is 23.9 Å². The molecule has 140 valence electrons. The molecule has 3 rings (SSSR count). The fourth-order valence-electron chi connectivity index (χ4n) is 2.47. The highest BCUT2D eigenvalue weighted by Gasteiger charge is 2.22. The van der Waals surface area contributed by atoms with Crippen LogP contribution in [-0.2, 0) is 14.3 Å². The summed E-state index contributed by atoms with van der Waals surface area (Å²) in [7, 11) is 1.50. The van der Waals surface area contributed by atoms with E-state index in [-0.39, 0.29) is 11.5 Å². The number of rotatable bonds is 5. The number of benzene rings is 2. The first-order valence-electron chi connectivity index (χ1n) is 8.19. The Kier molecular flexibility index (Phi) is 5.66. The quantitative estimate of drug-likeness (QED) is 0.768. The number of methoxy groups -OCH3 is 1. The minimum Gasteiger partial charge on any atom is -0.495 e. The largest absolute Gasteiger partial charge is 0.495 e. The molecule has 1 aliphatic rings. The van der Waals surface area contributed by atoms with Crippen molar-refractivity contribution in [2.75, 3.05) is 23.5 Å². The van der Waals surface area contributed by atoms with Gasteiger partial charge in [-0.25, -0.2) is 4.79 Å². The summed E-state index contributed by atoms with van der Waals surface area (Å²) in [6, 6.07) is 11.8. The van der Waals surface area contributed by atoms with Crippen LogP contribution in [0.4, 0.5) is 11.4 Å². The van der Waals surface area contributed by atoms with Gasteiger partial charge < -0.3 is 20.1 Å². The van der Waals surface area contributed by atoms with Gasteiger partial charge in [0.05, 0.1) is 29.8 Å². The summed E-state index contributed by atoms with van der Waals surface area (Å²) in [5, 5.41) is 5.39. The van der Waals surface area contributed by atoms with E-state index in [0.717, 1.165) is 4.90 Å². The summed E-state index contributed by atoms with van der Waals surface area (Å²) in [5.41, 5.74) is 1.31. The Bertz CT molecular complexity index is 899. The van der Waals surface area contributed by atoms with Crippen molar-refractivity contribution in [1.29, 1.82) is 0 Å². The Morgan fingerprint density at radius 3 is 2.78 bits per heavy atom. The van der Waals surface area contributed by atoms with Gasteiger partial charge in [-0.15, -0.1) is 11.8 Å². The number of thioether (sulfide) groups is 1. The minimum absolute atomic E-state index is 0.123. The molecule has 1 aliphatic heterocycles. The second-order valence-corrected chi connectivity index (χ2v) is 6.80. The molecule has 0 fully saturated rings. The standard InChI is InChI=1S/C19H18N2O5S/c1-11(18(23)21-13-5-3-4-6-15(13)25-2)26-19(24)12-7-8-16-14(9-12)20-17(22)10-27-16/h3-9,11H,10H2,1-2H3,(H,20,22)(H,21,23)/t11-/m1/s1. The average Bonchev–Trinajstić information content (AvgIpc) is 2.67. The van der Waals surface area contributed by atoms with Crippen LogP contribution in [0.15, 0.2) is 47.4 Å². The molecule has 0 bridgehead atoms. The number of carbonyl (C=O) groups excluding carboxylic acids is 3. The molecular weight excluding hydrogens is 368 g/mol. The van der Waals surface area contributed by atoms with Gasteiger partial charge in [-0.05, 0) is 37.3 Å². The van der Waals surface area contributed by atoms with E-state index in [1.165, 1.54) is 25.8 Å². The van der Waals surface area contributed by atoms with Crippen molar-refractivity contribution in [2.45, 2.75) is 17.9 Å². The average molecular weight is 386 g/mol. The molecule has 27 heavy (non-hydrogen) atoms. The molecule has 0 spiro atoms. The van der Waals surface area contributed by atoms with E-state index >= 15 is 0 Å². The molecule has 1 atom stereocenters. The molecule has 2 amide bonds. The van der Waals surface area contributed by atoms with Crippen LogP contribution in [0.2, 0.25) is 0 Å². The summed E-state index contributed by atoms with van der Waals surface area (Å²) >= 11 is 1.40. The second kappa shape index (κ2) is 8.13. The van der Waals surface area contributed by atoms with Crippen LogP contribution in [0.5, 0.6) is 5.75 Å². The summed E-state index contributed by atoms with van der Waals surface area (Å²) in [4.78, 5) is 37.0. The van der Waals surface area contributed by atoms with Crippen molar-refractivity contribution in [3.05, 3.63) is 48.0 Å². The number of ether oxygens (including phenoxy) is 2. The zero-order chi connectivity index (χ0) is 19.4. The Morgan fingerprint density at radius 1 is 1.22 bits per heavy atom. The number of nitrogens with one attached hydrogen (secondary N) is 2. The van der Waals surface area contributed by atoms with Crippen molar-refractivity contribution in [1.82, 2.24) is 0 Å². The van der Waals surface area contributed by atoms with E-state index in [0.29, 0.717) is 22.9 Å². The first-order valence-corrected chi connectivity index (χ1v) is 9.18. The molecule has 1 heterocycles. The third-order valence-electron chi connectivity index (χ3n) is 3.87. The normalized spacial score (nSPS) is 13.8. The van der Waals surface area contributed by atoms with Crippen molar-refractivity contribution in [3.63, 3.8) is 0 Å². The van der Waals surface area contributed by atoms with Crippen LogP contribution in [0.1, 0.15) is 17.3 Å². The Balaban J connectivity index is 1.66. The third kappa shape index (κ3) is 4.40. The van der Waals surface area contributed by atoms with E-state index in [1.54, 1.807) is 42.5 Å². The van der Waals surface area contributed by atoms with Crippen LogP contribution >= 0.6 is 11.8 Å².